The molecule has 0 aliphatic carbocycles. The molecule has 0 saturated heterocycles. The third-order valence-corrected chi connectivity index (χ3v) is 4.96. The molecular formula is C20H13Cl2NO2. The Balaban J connectivity index is 2.07. The van der Waals surface area contributed by atoms with E-state index in [1.165, 1.54) is 0 Å². The molecule has 1 aromatic heterocycles. The van der Waals surface area contributed by atoms with Gasteiger partial charge in [0.2, 0.25) is 0 Å². The molecule has 3 aromatic rings. The molecule has 0 saturated carbocycles. The van der Waals surface area contributed by atoms with Crippen molar-refractivity contribution in [2.24, 2.45) is 0 Å². The van der Waals surface area contributed by atoms with E-state index in [4.69, 9.17) is 23.2 Å². The van der Waals surface area contributed by atoms with E-state index in [0.29, 0.717) is 34.8 Å². The van der Waals surface area contributed by atoms with Gasteiger partial charge in [0.1, 0.15) is 0 Å². The fourth-order valence-electron chi connectivity index (χ4n) is 3.36. The molecule has 0 bridgehead atoms. The van der Waals surface area contributed by atoms with Crippen LogP contribution in [0, 0.1) is 0 Å². The van der Waals surface area contributed by atoms with Gasteiger partial charge in [-0.1, -0.05) is 48.0 Å². The van der Waals surface area contributed by atoms with Gasteiger partial charge in [-0.05, 0) is 47.3 Å². The van der Waals surface area contributed by atoms with E-state index in [0.717, 1.165) is 16.7 Å². The molecule has 5 heteroatoms. The Labute approximate surface area is 154 Å². The first-order valence-corrected chi connectivity index (χ1v) is 8.64. The summed E-state index contributed by atoms with van der Waals surface area (Å²) in [6.45, 7) is 0.501. The molecule has 0 fully saturated rings. The van der Waals surface area contributed by atoms with E-state index in [2.05, 4.69) is 0 Å². The number of hydrogen-bond donors (Lipinski definition) is 0. The molecule has 1 aliphatic rings. The first-order chi connectivity index (χ1) is 12.1. The van der Waals surface area contributed by atoms with Gasteiger partial charge >= 0.3 is 0 Å². The van der Waals surface area contributed by atoms with E-state index in [-0.39, 0.29) is 5.56 Å². The number of fused-ring (bicyclic) bond motifs is 3. The summed E-state index contributed by atoms with van der Waals surface area (Å²) in [5.74, 6) is 0. The van der Waals surface area contributed by atoms with Crippen LogP contribution in [-0.2, 0) is 13.0 Å². The summed E-state index contributed by atoms with van der Waals surface area (Å²) >= 11 is 12.0. The highest BCUT2D eigenvalue weighted by molar-refractivity contribution is 6.68. The summed E-state index contributed by atoms with van der Waals surface area (Å²) in [5.41, 5.74) is 3.82. The lowest BCUT2D eigenvalue weighted by Gasteiger charge is -2.24. The third-order valence-electron chi connectivity index (χ3n) is 4.52. The topological polar surface area (TPSA) is 39.1 Å². The van der Waals surface area contributed by atoms with Crippen molar-refractivity contribution >= 4 is 28.4 Å². The Morgan fingerprint density at radius 1 is 1.00 bits per heavy atom. The van der Waals surface area contributed by atoms with Crippen LogP contribution in [-0.4, -0.2) is 9.81 Å². The first-order valence-electron chi connectivity index (χ1n) is 7.88. The van der Waals surface area contributed by atoms with Gasteiger partial charge < -0.3 is 4.57 Å². The lowest BCUT2D eigenvalue weighted by Crippen LogP contribution is -2.29. The number of benzene rings is 2. The average Bonchev–Trinajstić information content (AvgIpc) is 2.62. The molecule has 4 rings (SSSR count). The van der Waals surface area contributed by atoms with E-state index in [1.807, 2.05) is 42.5 Å². The number of carbonyl (C=O) groups excluding carboxylic acids is 1. The van der Waals surface area contributed by atoms with Gasteiger partial charge in [-0.3, -0.25) is 9.59 Å². The maximum atomic E-state index is 13.1. The molecule has 1 aliphatic heterocycles. The number of nitrogens with zero attached hydrogens (tertiary/aromatic N) is 1. The normalized spacial score (nSPS) is 12.4. The quantitative estimate of drug-likeness (QED) is 0.610. The van der Waals surface area contributed by atoms with Crippen LogP contribution in [0.2, 0.25) is 5.02 Å². The molecule has 2 heterocycles. The van der Waals surface area contributed by atoms with Crippen LogP contribution in [0.25, 0.3) is 22.4 Å². The standard InChI is InChI=1S/C20H13Cl2NO2/c21-14-7-6-13-8-9-23-18(15(13)10-14)17(19(22)24)11-16(20(23)25)12-4-2-1-3-5-12/h1-7,10-11H,8-9H2. The lowest BCUT2D eigenvalue weighted by atomic mass is 9.93. The molecule has 0 atom stereocenters. The highest BCUT2D eigenvalue weighted by Crippen LogP contribution is 2.35. The average molecular weight is 370 g/mol. The van der Waals surface area contributed by atoms with Crippen molar-refractivity contribution in [2.45, 2.75) is 13.0 Å². The highest BCUT2D eigenvalue weighted by atomic mass is 35.5. The van der Waals surface area contributed by atoms with Crippen molar-refractivity contribution in [2.75, 3.05) is 0 Å². The Morgan fingerprint density at radius 3 is 2.48 bits per heavy atom. The van der Waals surface area contributed by atoms with Crippen LogP contribution in [0.4, 0.5) is 0 Å². The highest BCUT2D eigenvalue weighted by Gasteiger charge is 2.25. The number of hydrogen-bond acceptors (Lipinski definition) is 2. The predicted molar refractivity (Wildman–Crippen MR) is 100 cm³/mol. The molecule has 0 amide bonds. The zero-order valence-electron chi connectivity index (χ0n) is 13.1. The summed E-state index contributed by atoms with van der Waals surface area (Å²) in [7, 11) is 0. The van der Waals surface area contributed by atoms with Crippen molar-refractivity contribution in [3.8, 4) is 22.4 Å². The van der Waals surface area contributed by atoms with Crippen molar-refractivity contribution in [1.29, 1.82) is 0 Å². The van der Waals surface area contributed by atoms with Crippen LogP contribution in [0.1, 0.15) is 15.9 Å². The van der Waals surface area contributed by atoms with Crippen molar-refractivity contribution in [3.05, 3.63) is 81.1 Å². The fourth-order valence-corrected chi connectivity index (χ4v) is 3.68. The minimum Gasteiger partial charge on any atom is -0.307 e. The number of aryl methyl sites for hydroxylation is 1. The number of aromatic nitrogens is 1. The second-order valence-electron chi connectivity index (χ2n) is 5.97. The fraction of sp³-hybridized carbons (Fsp3) is 0.100. The van der Waals surface area contributed by atoms with Crippen LogP contribution in [0.5, 0.6) is 0 Å². The van der Waals surface area contributed by atoms with Crippen LogP contribution in [0.3, 0.4) is 0 Å². The molecular weight excluding hydrogens is 357 g/mol. The lowest BCUT2D eigenvalue weighted by molar-refractivity contribution is 0.108. The summed E-state index contributed by atoms with van der Waals surface area (Å²) in [5, 5.41) is -0.0338. The number of rotatable bonds is 2. The molecule has 2 aromatic carbocycles. The van der Waals surface area contributed by atoms with Gasteiger partial charge in [0, 0.05) is 22.7 Å². The van der Waals surface area contributed by atoms with Crippen LogP contribution in [0.15, 0.2) is 59.4 Å². The van der Waals surface area contributed by atoms with Crippen molar-refractivity contribution in [3.63, 3.8) is 0 Å². The van der Waals surface area contributed by atoms with Crippen molar-refractivity contribution < 1.29 is 4.79 Å². The van der Waals surface area contributed by atoms with Gasteiger partial charge in [-0.25, -0.2) is 0 Å². The third kappa shape index (κ3) is 2.70. The predicted octanol–water partition coefficient (Wildman–Crippen LogP) is 4.77. The largest absolute Gasteiger partial charge is 0.307 e. The second-order valence-corrected chi connectivity index (χ2v) is 6.75. The minimum atomic E-state index is -0.589. The van der Waals surface area contributed by atoms with Gasteiger partial charge in [0.15, 0.2) is 0 Å². The van der Waals surface area contributed by atoms with Gasteiger partial charge in [0.25, 0.3) is 10.8 Å². The van der Waals surface area contributed by atoms with Gasteiger partial charge in [0.05, 0.1) is 11.3 Å². The smallest absolute Gasteiger partial charge is 0.258 e. The summed E-state index contributed by atoms with van der Waals surface area (Å²) < 4.78 is 1.64. The molecule has 124 valence electrons. The SMILES string of the molecule is O=C(Cl)c1cc(-c2ccccc2)c(=O)n2c1-c1cc(Cl)ccc1CC2. The summed E-state index contributed by atoms with van der Waals surface area (Å²) in [6, 6.07) is 16.4. The summed E-state index contributed by atoms with van der Waals surface area (Å²) in [4.78, 5) is 25.2. The molecule has 0 spiro atoms. The maximum absolute atomic E-state index is 13.1. The maximum Gasteiger partial charge on any atom is 0.258 e. The Kier molecular flexibility index (Phi) is 3.98. The van der Waals surface area contributed by atoms with E-state index < -0.39 is 5.24 Å². The second kappa shape index (κ2) is 6.17. The van der Waals surface area contributed by atoms with Gasteiger partial charge in [-0.2, -0.15) is 0 Å². The van der Waals surface area contributed by atoms with Crippen LogP contribution >= 0.6 is 23.2 Å². The number of carbonyl (C=O) groups is 1. The minimum absolute atomic E-state index is 0.131. The number of halogens is 2. The van der Waals surface area contributed by atoms with Crippen LogP contribution < -0.4 is 5.56 Å². The summed E-state index contributed by atoms with van der Waals surface area (Å²) in [6.07, 6.45) is 0.702. The first kappa shape index (κ1) is 16.1. The van der Waals surface area contributed by atoms with Crippen molar-refractivity contribution in [1.82, 2.24) is 4.57 Å². The molecule has 25 heavy (non-hydrogen) atoms. The van der Waals surface area contributed by atoms with E-state index in [9.17, 15) is 9.59 Å². The molecule has 0 radical (unpaired) electrons. The Hall–Kier alpha value is -2.36. The zero-order chi connectivity index (χ0) is 17.6. The Morgan fingerprint density at radius 2 is 1.76 bits per heavy atom. The Bertz CT molecular complexity index is 1060. The van der Waals surface area contributed by atoms with E-state index >= 15 is 0 Å². The molecule has 0 unspecified atom stereocenters. The zero-order valence-corrected chi connectivity index (χ0v) is 14.6. The molecule has 3 nitrogen and oxygen atoms in total. The van der Waals surface area contributed by atoms with Gasteiger partial charge in [-0.15, -0.1) is 0 Å². The van der Waals surface area contributed by atoms with E-state index in [1.54, 1.807) is 16.7 Å². The monoisotopic (exact) mass is 369 g/mol. The molecule has 0 N–H and O–H groups in total. The number of pyridine rings is 1.